The molecule has 3 amide bonds. The Morgan fingerprint density at radius 2 is 1.88 bits per heavy atom. The molecule has 0 aromatic heterocycles. The van der Waals surface area contributed by atoms with Crippen LogP contribution in [-0.4, -0.2) is 29.6 Å². The van der Waals surface area contributed by atoms with Crippen molar-refractivity contribution in [1.82, 2.24) is 10.6 Å². The minimum absolute atomic E-state index is 0.188. The molecule has 0 saturated heterocycles. The van der Waals surface area contributed by atoms with E-state index in [4.69, 9.17) is 5.11 Å². The molecule has 0 aromatic carbocycles. The Kier molecular flexibility index (Phi) is 6.91. The summed E-state index contributed by atoms with van der Waals surface area (Å²) in [4.78, 5) is 32.3. The lowest BCUT2D eigenvalue weighted by atomic mass is 10.1. The first-order valence-corrected chi connectivity index (χ1v) is 5.25. The molecule has 6 nitrogen and oxygen atoms in total. The Balaban J connectivity index is 3.70. The number of carbonyl (C=O) groups excluding carboxylic acids is 2. The van der Waals surface area contributed by atoms with Gasteiger partial charge in [0, 0.05) is 13.0 Å². The third-order valence-electron chi connectivity index (χ3n) is 2.13. The zero-order chi connectivity index (χ0) is 12.6. The fourth-order valence-electron chi connectivity index (χ4n) is 0.865. The van der Waals surface area contributed by atoms with Crippen molar-refractivity contribution in [3.63, 3.8) is 0 Å². The standard InChI is InChI=1S/C10H18N2O4/c1-3-7(2)6-11-10(16)12-8(13)4-5-9(14)15/h7H,3-6H2,1-2H3,(H,14,15)(H2,11,12,13,16). The zero-order valence-electron chi connectivity index (χ0n) is 9.58. The van der Waals surface area contributed by atoms with Crippen molar-refractivity contribution < 1.29 is 19.5 Å². The minimum Gasteiger partial charge on any atom is -0.481 e. The minimum atomic E-state index is -1.06. The van der Waals surface area contributed by atoms with Crippen LogP contribution in [0.4, 0.5) is 4.79 Å². The number of carboxylic acids is 1. The van der Waals surface area contributed by atoms with Gasteiger partial charge in [-0.3, -0.25) is 14.9 Å². The molecule has 0 aliphatic carbocycles. The van der Waals surface area contributed by atoms with Crippen LogP contribution in [0.5, 0.6) is 0 Å². The van der Waals surface area contributed by atoms with Gasteiger partial charge in [-0.25, -0.2) is 4.79 Å². The molecule has 0 aliphatic heterocycles. The Morgan fingerprint density at radius 3 is 2.38 bits per heavy atom. The molecular formula is C10H18N2O4. The molecule has 6 heteroatoms. The Hall–Kier alpha value is -1.59. The monoisotopic (exact) mass is 230 g/mol. The number of carbonyl (C=O) groups is 3. The van der Waals surface area contributed by atoms with Crippen LogP contribution < -0.4 is 10.6 Å². The predicted molar refractivity (Wildman–Crippen MR) is 57.9 cm³/mol. The number of aliphatic carboxylic acids is 1. The highest BCUT2D eigenvalue weighted by Gasteiger charge is 2.09. The molecule has 0 bridgehead atoms. The van der Waals surface area contributed by atoms with Crippen molar-refractivity contribution in [2.75, 3.05) is 6.54 Å². The van der Waals surface area contributed by atoms with Crippen LogP contribution in [0.1, 0.15) is 33.1 Å². The van der Waals surface area contributed by atoms with Crippen LogP contribution in [0.2, 0.25) is 0 Å². The highest BCUT2D eigenvalue weighted by atomic mass is 16.4. The second-order valence-corrected chi connectivity index (χ2v) is 3.67. The van der Waals surface area contributed by atoms with Crippen LogP contribution in [0.25, 0.3) is 0 Å². The van der Waals surface area contributed by atoms with E-state index in [0.717, 1.165) is 6.42 Å². The average molecular weight is 230 g/mol. The van der Waals surface area contributed by atoms with Crippen molar-refractivity contribution >= 4 is 17.9 Å². The molecule has 0 radical (unpaired) electrons. The number of rotatable bonds is 6. The van der Waals surface area contributed by atoms with Crippen LogP contribution in [-0.2, 0) is 9.59 Å². The molecular weight excluding hydrogens is 212 g/mol. The number of hydrogen-bond donors (Lipinski definition) is 3. The highest BCUT2D eigenvalue weighted by molar-refractivity contribution is 5.95. The van der Waals surface area contributed by atoms with E-state index in [0.29, 0.717) is 12.5 Å². The third kappa shape index (κ3) is 7.78. The van der Waals surface area contributed by atoms with Gasteiger partial charge in [-0.2, -0.15) is 0 Å². The average Bonchev–Trinajstić information content (AvgIpc) is 2.23. The Morgan fingerprint density at radius 1 is 1.25 bits per heavy atom. The van der Waals surface area contributed by atoms with Gasteiger partial charge in [-0.15, -0.1) is 0 Å². The molecule has 3 N–H and O–H groups in total. The van der Waals surface area contributed by atoms with E-state index >= 15 is 0 Å². The van der Waals surface area contributed by atoms with E-state index < -0.39 is 17.9 Å². The summed E-state index contributed by atoms with van der Waals surface area (Å²) in [6.07, 6.45) is 0.476. The predicted octanol–water partition coefficient (Wildman–Crippen LogP) is 0.723. The van der Waals surface area contributed by atoms with Crippen molar-refractivity contribution in [3.05, 3.63) is 0 Å². The van der Waals surface area contributed by atoms with E-state index in [-0.39, 0.29) is 12.8 Å². The third-order valence-corrected chi connectivity index (χ3v) is 2.13. The highest BCUT2D eigenvalue weighted by Crippen LogP contribution is 1.96. The van der Waals surface area contributed by atoms with E-state index in [1.54, 1.807) is 0 Å². The van der Waals surface area contributed by atoms with Crippen LogP contribution >= 0.6 is 0 Å². The van der Waals surface area contributed by atoms with Crippen molar-refractivity contribution in [1.29, 1.82) is 0 Å². The lowest BCUT2D eigenvalue weighted by Gasteiger charge is -2.10. The molecule has 1 unspecified atom stereocenters. The normalized spacial score (nSPS) is 11.6. The van der Waals surface area contributed by atoms with Gasteiger partial charge in [0.25, 0.3) is 0 Å². The van der Waals surface area contributed by atoms with Crippen molar-refractivity contribution in [2.24, 2.45) is 5.92 Å². The molecule has 0 fully saturated rings. The maximum Gasteiger partial charge on any atom is 0.321 e. The van der Waals surface area contributed by atoms with Gasteiger partial charge in [0.15, 0.2) is 0 Å². The molecule has 0 aromatic rings. The fourth-order valence-corrected chi connectivity index (χ4v) is 0.865. The number of carboxylic acid groups (broad SMARTS) is 1. The summed E-state index contributed by atoms with van der Waals surface area (Å²) in [5, 5.41) is 12.9. The zero-order valence-corrected chi connectivity index (χ0v) is 9.58. The second kappa shape index (κ2) is 7.67. The first-order valence-electron chi connectivity index (χ1n) is 5.25. The Bertz CT molecular complexity index is 266. The van der Waals surface area contributed by atoms with Crippen LogP contribution in [0.15, 0.2) is 0 Å². The van der Waals surface area contributed by atoms with E-state index in [1.807, 2.05) is 13.8 Å². The van der Waals surface area contributed by atoms with Gasteiger partial charge in [-0.1, -0.05) is 20.3 Å². The SMILES string of the molecule is CCC(C)CNC(=O)NC(=O)CCC(=O)O. The van der Waals surface area contributed by atoms with E-state index in [2.05, 4.69) is 10.6 Å². The summed E-state index contributed by atoms with van der Waals surface area (Å²) in [6, 6.07) is -0.573. The first-order chi connectivity index (χ1) is 7.45. The summed E-state index contributed by atoms with van der Waals surface area (Å²) >= 11 is 0. The number of imide groups is 1. The molecule has 0 spiro atoms. The quantitative estimate of drug-likeness (QED) is 0.626. The topological polar surface area (TPSA) is 95.5 Å². The molecule has 0 aliphatic rings. The van der Waals surface area contributed by atoms with E-state index in [1.165, 1.54) is 0 Å². The number of nitrogens with one attached hydrogen (secondary N) is 2. The molecule has 0 saturated carbocycles. The summed E-state index contributed by atoms with van der Waals surface area (Å²) in [7, 11) is 0. The van der Waals surface area contributed by atoms with Gasteiger partial charge in [0.1, 0.15) is 0 Å². The summed E-state index contributed by atoms with van der Waals surface area (Å²) in [6.45, 7) is 4.48. The van der Waals surface area contributed by atoms with Crippen molar-refractivity contribution in [3.8, 4) is 0 Å². The number of amides is 3. The lowest BCUT2D eigenvalue weighted by molar-refractivity contribution is -0.138. The van der Waals surface area contributed by atoms with E-state index in [9.17, 15) is 14.4 Å². The maximum absolute atomic E-state index is 11.1. The summed E-state index contributed by atoms with van der Waals surface area (Å²) < 4.78 is 0. The summed E-state index contributed by atoms with van der Waals surface area (Å²) in [5.74, 6) is -1.29. The molecule has 0 rings (SSSR count). The van der Waals surface area contributed by atoms with Gasteiger partial charge < -0.3 is 10.4 Å². The molecule has 92 valence electrons. The van der Waals surface area contributed by atoms with Gasteiger partial charge in [0.05, 0.1) is 6.42 Å². The van der Waals surface area contributed by atoms with Gasteiger partial charge in [-0.05, 0) is 5.92 Å². The van der Waals surface area contributed by atoms with Gasteiger partial charge >= 0.3 is 12.0 Å². The maximum atomic E-state index is 11.1. The largest absolute Gasteiger partial charge is 0.481 e. The molecule has 16 heavy (non-hydrogen) atoms. The fraction of sp³-hybridized carbons (Fsp3) is 0.700. The van der Waals surface area contributed by atoms with Gasteiger partial charge in [0.2, 0.25) is 5.91 Å². The Labute approximate surface area is 94.4 Å². The molecule has 1 atom stereocenters. The lowest BCUT2D eigenvalue weighted by Crippen LogP contribution is -2.41. The first kappa shape index (κ1) is 14.4. The molecule has 0 heterocycles. The van der Waals surface area contributed by atoms with Crippen molar-refractivity contribution in [2.45, 2.75) is 33.1 Å². The van der Waals surface area contributed by atoms with Crippen LogP contribution in [0, 0.1) is 5.92 Å². The number of urea groups is 1. The van der Waals surface area contributed by atoms with Crippen LogP contribution in [0.3, 0.4) is 0 Å². The number of hydrogen-bond acceptors (Lipinski definition) is 3. The smallest absolute Gasteiger partial charge is 0.321 e. The second-order valence-electron chi connectivity index (χ2n) is 3.67. The summed E-state index contributed by atoms with van der Waals surface area (Å²) in [5.41, 5.74) is 0.